The van der Waals surface area contributed by atoms with E-state index in [2.05, 4.69) is 29.1 Å². The molecule has 88 valence electrons. The molecule has 2 fully saturated rings. The van der Waals surface area contributed by atoms with Crippen LogP contribution in [-0.4, -0.2) is 29.0 Å². The quantitative estimate of drug-likeness (QED) is 0.720. The van der Waals surface area contributed by atoms with E-state index < -0.39 is 0 Å². The van der Waals surface area contributed by atoms with Crippen LogP contribution in [0.5, 0.6) is 0 Å². The van der Waals surface area contributed by atoms with Crippen LogP contribution in [0, 0.1) is 0 Å². The van der Waals surface area contributed by atoms with E-state index >= 15 is 0 Å². The standard InChI is InChI=1S/C12H16N2.C2H6/c1-14-10-4-5-12(14)11(7-10)9-3-2-6-13-8-9;1-2/h2-3,6,8,10-12H,4-5,7H2,1H3;1-2H3. The molecule has 0 radical (unpaired) electrons. The highest BCUT2D eigenvalue weighted by molar-refractivity contribution is 5.22. The second kappa shape index (κ2) is 4.96. The van der Waals surface area contributed by atoms with E-state index in [1.165, 1.54) is 24.8 Å². The first-order valence-corrected chi connectivity index (χ1v) is 6.48. The third-order valence-corrected chi connectivity index (χ3v) is 4.00. The average molecular weight is 218 g/mol. The molecule has 0 aromatic carbocycles. The van der Waals surface area contributed by atoms with E-state index in [0.29, 0.717) is 0 Å². The van der Waals surface area contributed by atoms with Crippen LogP contribution >= 0.6 is 0 Å². The lowest BCUT2D eigenvalue weighted by atomic mass is 9.85. The van der Waals surface area contributed by atoms with E-state index in [4.69, 9.17) is 0 Å². The van der Waals surface area contributed by atoms with E-state index in [1.807, 2.05) is 26.2 Å². The van der Waals surface area contributed by atoms with Crippen molar-refractivity contribution in [1.82, 2.24) is 9.88 Å². The molecule has 0 N–H and O–H groups in total. The number of hydrogen-bond acceptors (Lipinski definition) is 2. The first-order valence-electron chi connectivity index (χ1n) is 6.48. The average Bonchev–Trinajstić information content (AvgIpc) is 2.89. The van der Waals surface area contributed by atoms with Gasteiger partial charge in [-0.2, -0.15) is 0 Å². The zero-order valence-corrected chi connectivity index (χ0v) is 10.6. The number of pyridine rings is 1. The number of fused-ring (bicyclic) bond motifs is 2. The molecule has 3 unspecified atom stereocenters. The largest absolute Gasteiger partial charge is 0.300 e. The van der Waals surface area contributed by atoms with Crippen LogP contribution in [0.4, 0.5) is 0 Å². The molecular weight excluding hydrogens is 196 g/mol. The van der Waals surface area contributed by atoms with Crippen LogP contribution in [0.1, 0.15) is 44.6 Å². The molecule has 0 aliphatic carbocycles. The fraction of sp³-hybridized carbons (Fsp3) is 0.643. The summed E-state index contributed by atoms with van der Waals surface area (Å²) in [6.07, 6.45) is 8.02. The predicted molar refractivity (Wildman–Crippen MR) is 67.5 cm³/mol. The summed E-state index contributed by atoms with van der Waals surface area (Å²) in [6, 6.07) is 5.91. The number of likely N-dealkylation sites (N-methyl/N-ethyl adjacent to an activating group) is 1. The Kier molecular flexibility index (Phi) is 3.59. The third kappa shape index (κ3) is 1.86. The van der Waals surface area contributed by atoms with E-state index in [1.54, 1.807) is 0 Å². The van der Waals surface area contributed by atoms with Gasteiger partial charge in [-0.3, -0.25) is 9.88 Å². The van der Waals surface area contributed by atoms with Crippen LogP contribution < -0.4 is 0 Å². The highest BCUT2D eigenvalue weighted by atomic mass is 15.2. The molecule has 2 aliphatic heterocycles. The summed E-state index contributed by atoms with van der Waals surface area (Å²) in [7, 11) is 2.28. The first-order chi connectivity index (χ1) is 7.86. The Morgan fingerprint density at radius 3 is 2.62 bits per heavy atom. The van der Waals surface area contributed by atoms with Gasteiger partial charge in [0.1, 0.15) is 0 Å². The zero-order chi connectivity index (χ0) is 11.5. The van der Waals surface area contributed by atoms with Crippen molar-refractivity contribution in [3.63, 3.8) is 0 Å². The third-order valence-electron chi connectivity index (χ3n) is 4.00. The maximum absolute atomic E-state index is 4.22. The Balaban J connectivity index is 0.000000457. The van der Waals surface area contributed by atoms with Crippen molar-refractivity contribution in [3.8, 4) is 0 Å². The smallest absolute Gasteiger partial charge is 0.0303 e. The Morgan fingerprint density at radius 2 is 2.12 bits per heavy atom. The second-order valence-corrected chi connectivity index (χ2v) is 4.59. The summed E-state index contributed by atoms with van der Waals surface area (Å²) in [5, 5.41) is 0. The van der Waals surface area contributed by atoms with Crippen molar-refractivity contribution < 1.29 is 0 Å². The Morgan fingerprint density at radius 1 is 1.31 bits per heavy atom. The molecule has 2 nitrogen and oxygen atoms in total. The van der Waals surface area contributed by atoms with Gasteiger partial charge in [0.15, 0.2) is 0 Å². The molecule has 2 saturated heterocycles. The summed E-state index contributed by atoms with van der Waals surface area (Å²) in [6.45, 7) is 4.00. The zero-order valence-electron chi connectivity index (χ0n) is 10.6. The van der Waals surface area contributed by atoms with E-state index in [9.17, 15) is 0 Å². The summed E-state index contributed by atoms with van der Waals surface area (Å²) in [5.74, 6) is 0.743. The van der Waals surface area contributed by atoms with Crippen molar-refractivity contribution in [1.29, 1.82) is 0 Å². The number of rotatable bonds is 1. The molecule has 0 amide bonds. The highest BCUT2D eigenvalue weighted by Crippen LogP contribution is 2.45. The van der Waals surface area contributed by atoms with Gasteiger partial charge in [0, 0.05) is 30.4 Å². The molecule has 3 rings (SSSR count). The molecular formula is C14H22N2. The monoisotopic (exact) mass is 218 g/mol. The topological polar surface area (TPSA) is 16.1 Å². The van der Waals surface area contributed by atoms with Gasteiger partial charge in [0.25, 0.3) is 0 Å². The van der Waals surface area contributed by atoms with Crippen molar-refractivity contribution in [2.75, 3.05) is 7.05 Å². The van der Waals surface area contributed by atoms with Gasteiger partial charge in [0.05, 0.1) is 0 Å². The molecule has 0 spiro atoms. The minimum absolute atomic E-state index is 0.743. The Labute approximate surface area is 98.7 Å². The molecule has 0 saturated carbocycles. The predicted octanol–water partition coefficient (Wildman–Crippen LogP) is 3.06. The Bertz CT molecular complexity index is 323. The van der Waals surface area contributed by atoms with Gasteiger partial charge >= 0.3 is 0 Å². The van der Waals surface area contributed by atoms with Gasteiger partial charge in [0.2, 0.25) is 0 Å². The van der Waals surface area contributed by atoms with Crippen LogP contribution in [0.3, 0.4) is 0 Å². The number of nitrogens with zero attached hydrogens (tertiary/aromatic N) is 2. The molecule has 2 bridgehead atoms. The van der Waals surface area contributed by atoms with Gasteiger partial charge in [-0.25, -0.2) is 0 Å². The normalized spacial score (nSPS) is 32.3. The number of hydrogen-bond donors (Lipinski definition) is 0. The van der Waals surface area contributed by atoms with Crippen molar-refractivity contribution in [3.05, 3.63) is 30.1 Å². The first kappa shape index (κ1) is 11.6. The van der Waals surface area contributed by atoms with Gasteiger partial charge in [-0.05, 0) is 37.9 Å². The molecule has 2 heteroatoms. The van der Waals surface area contributed by atoms with E-state index in [-0.39, 0.29) is 0 Å². The summed E-state index contributed by atoms with van der Waals surface area (Å²) < 4.78 is 0. The number of aromatic nitrogens is 1. The molecule has 1 aromatic rings. The molecule has 3 heterocycles. The van der Waals surface area contributed by atoms with Crippen LogP contribution in [0.2, 0.25) is 0 Å². The van der Waals surface area contributed by atoms with Crippen LogP contribution in [0.15, 0.2) is 24.5 Å². The molecule has 2 aliphatic rings. The lowest BCUT2D eigenvalue weighted by Gasteiger charge is -2.21. The van der Waals surface area contributed by atoms with Crippen LogP contribution in [-0.2, 0) is 0 Å². The van der Waals surface area contributed by atoms with Crippen molar-refractivity contribution >= 4 is 0 Å². The molecule has 1 aromatic heterocycles. The Hall–Kier alpha value is -0.890. The highest BCUT2D eigenvalue weighted by Gasteiger charge is 2.44. The fourth-order valence-electron chi connectivity index (χ4n) is 3.21. The minimum Gasteiger partial charge on any atom is -0.300 e. The molecule has 16 heavy (non-hydrogen) atoms. The fourth-order valence-corrected chi connectivity index (χ4v) is 3.21. The van der Waals surface area contributed by atoms with E-state index in [0.717, 1.165) is 18.0 Å². The van der Waals surface area contributed by atoms with Crippen molar-refractivity contribution in [2.24, 2.45) is 0 Å². The minimum atomic E-state index is 0.743. The van der Waals surface area contributed by atoms with Crippen molar-refractivity contribution in [2.45, 2.75) is 51.1 Å². The second-order valence-electron chi connectivity index (χ2n) is 4.59. The molecule has 3 atom stereocenters. The summed E-state index contributed by atoms with van der Waals surface area (Å²) >= 11 is 0. The maximum Gasteiger partial charge on any atom is 0.0303 e. The van der Waals surface area contributed by atoms with Gasteiger partial charge in [-0.1, -0.05) is 19.9 Å². The van der Waals surface area contributed by atoms with Gasteiger partial charge < -0.3 is 0 Å². The summed E-state index contributed by atoms with van der Waals surface area (Å²) in [4.78, 5) is 6.79. The maximum atomic E-state index is 4.22. The SMILES string of the molecule is CC.CN1C2CCC1C(c1cccnc1)C2. The van der Waals surface area contributed by atoms with Gasteiger partial charge in [-0.15, -0.1) is 0 Å². The van der Waals surface area contributed by atoms with Crippen LogP contribution in [0.25, 0.3) is 0 Å². The lowest BCUT2D eigenvalue weighted by Crippen LogP contribution is -2.25. The summed E-state index contributed by atoms with van der Waals surface area (Å²) in [5.41, 5.74) is 1.44. The lowest BCUT2D eigenvalue weighted by molar-refractivity contribution is 0.307.